The van der Waals surface area contributed by atoms with Crippen molar-refractivity contribution in [2.75, 3.05) is 26.3 Å². The lowest BCUT2D eigenvalue weighted by atomic mass is 9.94. The van der Waals surface area contributed by atoms with Gasteiger partial charge in [-0.05, 0) is 18.8 Å². The van der Waals surface area contributed by atoms with E-state index >= 15 is 0 Å². The first-order chi connectivity index (χ1) is 10.4. The maximum absolute atomic E-state index is 5.61. The van der Waals surface area contributed by atoms with Crippen molar-refractivity contribution in [3.05, 3.63) is 11.7 Å². The summed E-state index contributed by atoms with van der Waals surface area (Å²) in [6.07, 6.45) is 5.50. The van der Waals surface area contributed by atoms with Gasteiger partial charge in [-0.15, -0.1) is 12.4 Å². The van der Waals surface area contributed by atoms with Crippen LogP contribution in [0.4, 0.5) is 0 Å². The molecule has 2 N–H and O–H groups in total. The first-order valence-electron chi connectivity index (χ1n) is 8.22. The zero-order chi connectivity index (χ0) is 14.5. The summed E-state index contributed by atoms with van der Waals surface area (Å²) in [4.78, 5) is 4.35. The lowest BCUT2D eigenvalue weighted by molar-refractivity contribution is 0.0526. The molecule has 0 aromatic carbocycles. The quantitative estimate of drug-likeness (QED) is 0.820. The van der Waals surface area contributed by atoms with E-state index in [1.807, 2.05) is 6.92 Å². The number of hydrogen-bond acceptors (Lipinski definition) is 6. The van der Waals surface area contributed by atoms with E-state index < -0.39 is 0 Å². The lowest BCUT2D eigenvalue weighted by Gasteiger charge is -2.33. The topological polar surface area (TPSA) is 72.2 Å². The molecule has 2 fully saturated rings. The first-order valence-corrected chi connectivity index (χ1v) is 8.22. The number of morpholine rings is 1. The Kier molecular flexibility index (Phi) is 7.08. The average Bonchev–Trinajstić information content (AvgIpc) is 3.17. The Bertz CT molecular complexity index is 437. The molecule has 1 aliphatic carbocycles. The van der Waals surface area contributed by atoms with Crippen LogP contribution < -0.4 is 10.6 Å². The molecular formula is C15H27ClN4O2. The Morgan fingerprint density at radius 3 is 3.00 bits per heavy atom. The second kappa shape index (κ2) is 8.82. The summed E-state index contributed by atoms with van der Waals surface area (Å²) in [5, 5.41) is 11.3. The smallest absolute Gasteiger partial charge is 0.226 e. The minimum absolute atomic E-state index is 0. The second-order valence-electron chi connectivity index (χ2n) is 6.00. The molecule has 126 valence electrons. The van der Waals surface area contributed by atoms with Gasteiger partial charge in [0.05, 0.1) is 13.2 Å². The number of halogens is 1. The van der Waals surface area contributed by atoms with Crippen LogP contribution >= 0.6 is 12.4 Å². The van der Waals surface area contributed by atoms with Gasteiger partial charge in [-0.1, -0.05) is 18.5 Å². The monoisotopic (exact) mass is 330 g/mol. The number of aryl methyl sites for hydroxylation is 1. The third-order valence-corrected chi connectivity index (χ3v) is 4.60. The fraction of sp³-hybridized carbons (Fsp3) is 0.867. The predicted octanol–water partition coefficient (Wildman–Crippen LogP) is 1.34. The molecule has 1 aromatic rings. The predicted molar refractivity (Wildman–Crippen MR) is 86.4 cm³/mol. The van der Waals surface area contributed by atoms with Gasteiger partial charge in [0.1, 0.15) is 0 Å². The molecule has 2 heterocycles. The fourth-order valence-electron chi connectivity index (χ4n) is 3.49. The molecule has 0 amide bonds. The summed E-state index contributed by atoms with van der Waals surface area (Å²) < 4.78 is 10.7. The van der Waals surface area contributed by atoms with Gasteiger partial charge in [0, 0.05) is 38.0 Å². The number of aromatic nitrogens is 2. The Labute approximate surface area is 138 Å². The van der Waals surface area contributed by atoms with Crippen LogP contribution in [-0.4, -0.2) is 48.5 Å². The van der Waals surface area contributed by atoms with E-state index in [1.165, 1.54) is 19.3 Å². The van der Waals surface area contributed by atoms with Crippen molar-refractivity contribution in [3.8, 4) is 0 Å². The zero-order valence-electron chi connectivity index (χ0n) is 13.2. The standard InChI is InChI=1S/C15H26N4O2.ClH/c1-2-15-18-14(19-21-15)6-7-16-12-5-3-4-11(12)13-10-20-9-8-17-13;/h11-13,16-17H,2-10H2,1H3;1H. The number of ether oxygens (including phenoxy) is 1. The zero-order valence-corrected chi connectivity index (χ0v) is 14.0. The van der Waals surface area contributed by atoms with Crippen molar-refractivity contribution >= 4 is 12.4 Å². The number of rotatable bonds is 6. The highest BCUT2D eigenvalue weighted by Crippen LogP contribution is 2.29. The third-order valence-electron chi connectivity index (χ3n) is 4.60. The van der Waals surface area contributed by atoms with E-state index in [2.05, 4.69) is 20.8 Å². The molecule has 3 rings (SSSR count). The van der Waals surface area contributed by atoms with Crippen molar-refractivity contribution in [1.82, 2.24) is 20.8 Å². The van der Waals surface area contributed by atoms with Gasteiger partial charge >= 0.3 is 0 Å². The normalized spacial score (nSPS) is 28.5. The van der Waals surface area contributed by atoms with Crippen molar-refractivity contribution < 1.29 is 9.26 Å². The Balaban J connectivity index is 0.00000176. The van der Waals surface area contributed by atoms with Crippen molar-refractivity contribution in [2.24, 2.45) is 5.92 Å². The minimum atomic E-state index is 0. The van der Waals surface area contributed by atoms with Gasteiger partial charge in [-0.25, -0.2) is 0 Å². The molecule has 0 radical (unpaired) electrons. The summed E-state index contributed by atoms with van der Waals surface area (Å²) >= 11 is 0. The van der Waals surface area contributed by atoms with Crippen molar-refractivity contribution in [3.63, 3.8) is 0 Å². The molecule has 2 aliphatic rings. The summed E-state index contributed by atoms with van der Waals surface area (Å²) in [6, 6.07) is 1.09. The number of nitrogens with zero attached hydrogens (tertiary/aromatic N) is 2. The fourth-order valence-corrected chi connectivity index (χ4v) is 3.49. The van der Waals surface area contributed by atoms with Gasteiger partial charge in [0.2, 0.25) is 5.89 Å². The molecular weight excluding hydrogens is 304 g/mol. The van der Waals surface area contributed by atoms with Crippen LogP contribution in [0.2, 0.25) is 0 Å². The van der Waals surface area contributed by atoms with E-state index in [-0.39, 0.29) is 12.4 Å². The molecule has 7 heteroatoms. The van der Waals surface area contributed by atoms with E-state index in [0.717, 1.165) is 50.9 Å². The summed E-state index contributed by atoms with van der Waals surface area (Å²) in [7, 11) is 0. The van der Waals surface area contributed by atoms with Crippen molar-refractivity contribution in [1.29, 1.82) is 0 Å². The van der Waals surface area contributed by atoms with E-state index in [4.69, 9.17) is 9.26 Å². The maximum Gasteiger partial charge on any atom is 0.226 e. The van der Waals surface area contributed by atoms with E-state index in [9.17, 15) is 0 Å². The molecule has 1 saturated heterocycles. The molecule has 3 unspecified atom stereocenters. The molecule has 0 bridgehead atoms. The highest BCUT2D eigenvalue weighted by Gasteiger charge is 2.34. The van der Waals surface area contributed by atoms with Gasteiger partial charge < -0.3 is 19.9 Å². The van der Waals surface area contributed by atoms with Gasteiger partial charge in [0.25, 0.3) is 0 Å². The molecule has 6 nitrogen and oxygen atoms in total. The van der Waals surface area contributed by atoms with Crippen molar-refractivity contribution in [2.45, 2.75) is 51.1 Å². The van der Waals surface area contributed by atoms with Crippen LogP contribution in [0.1, 0.15) is 37.9 Å². The molecule has 3 atom stereocenters. The molecule has 0 spiro atoms. The summed E-state index contributed by atoms with van der Waals surface area (Å²) in [6.45, 7) is 5.62. The van der Waals surface area contributed by atoms with Crippen LogP contribution in [0, 0.1) is 5.92 Å². The maximum atomic E-state index is 5.61. The van der Waals surface area contributed by atoms with Crippen LogP contribution in [0.3, 0.4) is 0 Å². The molecule has 22 heavy (non-hydrogen) atoms. The van der Waals surface area contributed by atoms with Gasteiger partial charge in [0.15, 0.2) is 5.82 Å². The minimum Gasteiger partial charge on any atom is -0.379 e. The van der Waals surface area contributed by atoms with Crippen LogP contribution in [0.5, 0.6) is 0 Å². The van der Waals surface area contributed by atoms with E-state index in [0.29, 0.717) is 18.0 Å². The second-order valence-corrected chi connectivity index (χ2v) is 6.00. The highest BCUT2D eigenvalue weighted by atomic mass is 35.5. The SMILES string of the molecule is CCc1nc(CCNC2CCCC2C2COCCN2)no1.Cl. The largest absolute Gasteiger partial charge is 0.379 e. The number of hydrogen-bond donors (Lipinski definition) is 2. The molecule has 1 aliphatic heterocycles. The lowest BCUT2D eigenvalue weighted by Crippen LogP contribution is -2.51. The van der Waals surface area contributed by atoms with Crippen LogP contribution in [-0.2, 0) is 17.6 Å². The van der Waals surface area contributed by atoms with Gasteiger partial charge in [-0.2, -0.15) is 4.98 Å². The molecule has 1 saturated carbocycles. The van der Waals surface area contributed by atoms with Crippen LogP contribution in [0.15, 0.2) is 4.52 Å². The highest BCUT2D eigenvalue weighted by molar-refractivity contribution is 5.85. The summed E-state index contributed by atoms with van der Waals surface area (Å²) in [5.41, 5.74) is 0. The van der Waals surface area contributed by atoms with Gasteiger partial charge in [-0.3, -0.25) is 0 Å². The number of nitrogens with one attached hydrogen (secondary N) is 2. The van der Waals surface area contributed by atoms with Crippen LogP contribution in [0.25, 0.3) is 0 Å². The first kappa shape index (κ1) is 17.7. The third kappa shape index (κ3) is 4.41. The Morgan fingerprint density at radius 2 is 2.27 bits per heavy atom. The average molecular weight is 331 g/mol. The Morgan fingerprint density at radius 1 is 1.36 bits per heavy atom. The Hall–Kier alpha value is -0.690. The molecule has 1 aromatic heterocycles. The summed E-state index contributed by atoms with van der Waals surface area (Å²) in [5.74, 6) is 2.22. The van der Waals surface area contributed by atoms with E-state index in [1.54, 1.807) is 0 Å².